The Morgan fingerprint density at radius 3 is 2.67 bits per heavy atom. The lowest BCUT2D eigenvalue weighted by molar-refractivity contribution is 0.229. The van der Waals surface area contributed by atoms with Gasteiger partial charge in [-0.15, -0.1) is 0 Å². The zero-order valence-electron chi connectivity index (χ0n) is 12.3. The molecule has 114 valence electrons. The van der Waals surface area contributed by atoms with Crippen molar-refractivity contribution in [1.82, 2.24) is 9.29 Å². The van der Waals surface area contributed by atoms with Crippen molar-refractivity contribution < 1.29 is 8.42 Å². The fourth-order valence-corrected chi connectivity index (χ4v) is 5.53. The topological polar surface area (TPSA) is 53.5 Å². The SMILES string of the molecule is Cc1cccc(N2CC3(CCN(S(=O)(=O)C4CC4)C3)C2)n1. The minimum absolute atomic E-state index is 0.0812. The van der Waals surface area contributed by atoms with Crippen LogP contribution in [0.25, 0.3) is 0 Å². The molecule has 4 rings (SSSR count). The Morgan fingerprint density at radius 2 is 2.00 bits per heavy atom. The van der Waals surface area contributed by atoms with Crippen molar-refractivity contribution in [3.8, 4) is 0 Å². The molecule has 5 nitrogen and oxygen atoms in total. The van der Waals surface area contributed by atoms with Crippen molar-refractivity contribution >= 4 is 15.8 Å². The fraction of sp³-hybridized carbons (Fsp3) is 0.667. The van der Waals surface area contributed by atoms with Crippen LogP contribution in [0.5, 0.6) is 0 Å². The molecule has 0 amide bonds. The average Bonchev–Trinajstić information content (AvgIpc) is 3.16. The van der Waals surface area contributed by atoms with Crippen LogP contribution in [0.3, 0.4) is 0 Å². The Labute approximate surface area is 126 Å². The predicted molar refractivity (Wildman–Crippen MR) is 81.8 cm³/mol. The number of hydrogen-bond acceptors (Lipinski definition) is 4. The molecule has 1 aromatic heterocycles. The third-order valence-corrected chi connectivity index (χ3v) is 7.30. The molecule has 6 heteroatoms. The molecule has 3 fully saturated rings. The first kappa shape index (κ1) is 13.5. The number of anilines is 1. The van der Waals surface area contributed by atoms with Gasteiger partial charge in [-0.3, -0.25) is 0 Å². The van der Waals surface area contributed by atoms with Gasteiger partial charge in [0.2, 0.25) is 10.0 Å². The molecule has 0 radical (unpaired) electrons. The molecule has 3 aliphatic rings. The predicted octanol–water partition coefficient (Wildman–Crippen LogP) is 1.39. The second-order valence-corrected chi connectivity index (χ2v) is 9.03. The lowest BCUT2D eigenvalue weighted by Crippen LogP contribution is -2.58. The quantitative estimate of drug-likeness (QED) is 0.847. The Morgan fingerprint density at radius 1 is 1.24 bits per heavy atom. The highest BCUT2D eigenvalue weighted by molar-refractivity contribution is 7.90. The standard InChI is InChI=1S/C15H21N3O2S/c1-12-3-2-4-14(16-12)17-9-15(10-17)7-8-18(11-15)21(19,20)13-5-6-13/h2-4,13H,5-11H2,1H3. The molecule has 0 aromatic carbocycles. The van der Waals surface area contributed by atoms with E-state index in [9.17, 15) is 8.42 Å². The van der Waals surface area contributed by atoms with E-state index >= 15 is 0 Å². The van der Waals surface area contributed by atoms with Crippen molar-refractivity contribution in [2.75, 3.05) is 31.1 Å². The monoisotopic (exact) mass is 307 g/mol. The van der Waals surface area contributed by atoms with E-state index in [2.05, 4.69) is 9.88 Å². The third kappa shape index (κ3) is 2.25. The van der Waals surface area contributed by atoms with Crippen LogP contribution in [0.1, 0.15) is 25.0 Å². The smallest absolute Gasteiger partial charge is 0.217 e. The van der Waals surface area contributed by atoms with Gasteiger partial charge >= 0.3 is 0 Å². The summed E-state index contributed by atoms with van der Waals surface area (Å²) in [6, 6.07) is 6.06. The summed E-state index contributed by atoms with van der Waals surface area (Å²) in [5.74, 6) is 1.02. The van der Waals surface area contributed by atoms with E-state index in [1.165, 1.54) is 0 Å². The summed E-state index contributed by atoms with van der Waals surface area (Å²) < 4.78 is 26.4. The summed E-state index contributed by atoms with van der Waals surface area (Å²) in [4.78, 5) is 6.81. The van der Waals surface area contributed by atoms with Crippen LogP contribution < -0.4 is 4.90 Å². The molecule has 0 unspecified atom stereocenters. The first-order chi connectivity index (χ1) is 9.98. The lowest BCUT2D eigenvalue weighted by Gasteiger charge is -2.48. The van der Waals surface area contributed by atoms with E-state index in [4.69, 9.17) is 0 Å². The highest BCUT2D eigenvalue weighted by atomic mass is 32.2. The van der Waals surface area contributed by atoms with Gasteiger partial charge in [-0.25, -0.2) is 17.7 Å². The Bertz CT molecular complexity index is 663. The summed E-state index contributed by atoms with van der Waals surface area (Å²) in [6.07, 6.45) is 2.69. The zero-order chi connectivity index (χ0) is 14.7. The van der Waals surface area contributed by atoms with E-state index in [1.54, 1.807) is 4.31 Å². The van der Waals surface area contributed by atoms with E-state index in [-0.39, 0.29) is 10.7 Å². The van der Waals surface area contributed by atoms with Crippen molar-refractivity contribution in [3.63, 3.8) is 0 Å². The van der Waals surface area contributed by atoms with Gasteiger partial charge < -0.3 is 4.90 Å². The van der Waals surface area contributed by atoms with Crippen LogP contribution in [0, 0.1) is 12.3 Å². The number of rotatable bonds is 3. The average molecular weight is 307 g/mol. The van der Waals surface area contributed by atoms with Gasteiger partial charge in [0.05, 0.1) is 5.25 Å². The number of nitrogens with zero attached hydrogens (tertiary/aromatic N) is 3. The lowest BCUT2D eigenvalue weighted by atomic mass is 9.79. The van der Waals surface area contributed by atoms with Gasteiger partial charge in [0, 0.05) is 37.3 Å². The molecule has 2 aliphatic heterocycles. The summed E-state index contributed by atoms with van der Waals surface area (Å²) in [5.41, 5.74) is 1.19. The third-order valence-electron chi connectivity index (χ3n) is 4.96. The first-order valence-electron chi connectivity index (χ1n) is 7.66. The Hall–Kier alpha value is -1.14. The molecule has 0 bridgehead atoms. The fourth-order valence-electron chi connectivity index (χ4n) is 3.58. The molecule has 2 saturated heterocycles. The number of aryl methyl sites for hydroxylation is 1. The molecule has 0 atom stereocenters. The van der Waals surface area contributed by atoms with E-state index < -0.39 is 10.0 Å². The van der Waals surface area contributed by atoms with Gasteiger partial charge in [-0.05, 0) is 38.3 Å². The largest absolute Gasteiger partial charge is 0.355 e. The van der Waals surface area contributed by atoms with Crippen LogP contribution in [0.2, 0.25) is 0 Å². The molecular weight excluding hydrogens is 286 g/mol. The minimum Gasteiger partial charge on any atom is -0.355 e. The van der Waals surface area contributed by atoms with Gasteiger partial charge in [-0.2, -0.15) is 0 Å². The van der Waals surface area contributed by atoms with E-state index in [1.807, 2.05) is 25.1 Å². The normalized spacial score (nSPS) is 25.3. The van der Waals surface area contributed by atoms with Gasteiger partial charge in [0.25, 0.3) is 0 Å². The van der Waals surface area contributed by atoms with Gasteiger partial charge in [-0.1, -0.05) is 6.07 Å². The van der Waals surface area contributed by atoms with Crippen LogP contribution in [-0.4, -0.2) is 49.1 Å². The molecule has 21 heavy (non-hydrogen) atoms. The second-order valence-electron chi connectivity index (χ2n) is 6.82. The van der Waals surface area contributed by atoms with E-state index in [0.717, 1.165) is 43.9 Å². The van der Waals surface area contributed by atoms with Crippen molar-refractivity contribution in [2.45, 2.75) is 31.4 Å². The maximum Gasteiger partial charge on any atom is 0.217 e. The number of aromatic nitrogens is 1. The minimum atomic E-state index is -3.00. The summed E-state index contributed by atoms with van der Waals surface area (Å²) in [6.45, 7) is 5.26. The summed E-state index contributed by atoms with van der Waals surface area (Å²) in [7, 11) is -3.00. The van der Waals surface area contributed by atoms with Crippen LogP contribution in [0.4, 0.5) is 5.82 Å². The van der Waals surface area contributed by atoms with Gasteiger partial charge in [0.1, 0.15) is 5.82 Å². The summed E-state index contributed by atoms with van der Waals surface area (Å²) >= 11 is 0. The molecule has 1 spiro atoms. The van der Waals surface area contributed by atoms with Crippen LogP contribution in [-0.2, 0) is 10.0 Å². The number of sulfonamides is 1. The Kier molecular flexibility index (Phi) is 2.85. The molecular formula is C15H21N3O2S. The maximum absolute atomic E-state index is 12.3. The zero-order valence-corrected chi connectivity index (χ0v) is 13.1. The maximum atomic E-state index is 12.3. The van der Waals surface area contributed by atoms with Crippen molar-refractivity contribution in [3.05, 3.63) is 23.9 Å². The van der Waals surface area contributed by atoms with Crippen LogP contribution >= 0.6 is 0 Å². The molecule has 1 aromatic rings. The number of pyridine rings is 1. The number of hydrogen-bond donors (Lipinski definition) is 0. The first-order valence-corrected chi connectivity index (χ1v) is 9.17. The van der Waals surface area contributed by atoms with Crippen molar-refractivity contribution in [1.29, 1.82) is 0 Å². The highest BCUT2D eigenvalue weighted by Gasteiger charge is 2.52. The molecule has 1 saturated carbocycles. The van der Waals surface area contributed by atoms with Gasteiger partial charge in [0.15, 0.2) is 0 Å². The highest BCUT2D eigenvalue weighted by Crippen LogP contribution is 2.44. The molecule has 0 N–H and O–H groups in total. The van der Waals surface area contributed by atoms with E-state index in [0.29, 0.717) is 13.1 Å². The molecule has 1 aliphatic carbocycles. The van der Waals surface area contributed by atoms with Crippen molar-refractivity contribution in [2.24, 2.45) is 5.41 Å². The molecule has 3 heterocycles. The Balaban J connectivity index is 1.43. The second kappa shape index (κ2) is 4.43. The van der Waals surface area contributed by atoms with Crippen LogP contribution in [0.15, 0.2) is 18.2 Å². The summed E-state index contributed by atoms with van der Waals surface area (Å²) in [5, 5.41) is -0.0812.